The van der Waals surface area contributed by atoms with Crippen molar-refractivity contribution in [3.05, 3.63) is 0 Å². The van der Waals surface area contributed by atoms with E-state index in [9.17, 15) is 18.6 Å². The van der Waals surface area contributed by atoms with E-state index in [1.807, 2.05) is 6.92 Å². The van der Waals surface area contributed by atoms with E-state index in [1.165, 1.54) is 0 Å². The minimum atomic E-state index is -3.21. The van der Waals surface area contributed by atoms with Crippen LogP contribution in [0.4, 0.5) is 0 Å². The van der Waals surface area contributed by atoms with Crippen molar-refractivity contribution < 1.29 is 23.4 Å². The van der Waals surface area contributed by atoms with Crippen LogP contribution in [0.25, 0.3) is 0 Å². The van der Waals surface area contributed by atoms with Crippen molar-refractivity contribution in [3.8, 4) is 0 Å². The van der Waals surface area contributed by atoms with Crippen molar-refractivity contribution >= 4 is 9.84 Å². The third-order valence-electron chi connectivity index (χ3n) is 7.32. The molecule has 0 amide bonds. The molecule has 3 fully saturated rings. The Morgan fingerprint density at radius 2 is 1.79 bits per heavy atom. The van der Waals surface area contributed by atoms with Gasteiger partial charge in [0.05, 0.1) is 35.9 Å². The number of nitrogens with one attached hydrogen (secondary N) is 2. The van der Waals surface area contributed by atoms with Crippen molar-refractivity contribution in [3.63, 3.8) is 0 Å². The number of rotatable bonds is 8. The predicted octanol–water partition coefficient (Wildman–Crippen LogP) is 0.549. The van der Waals surface area contributed by atoms with E-state index in [0.717, 1.165) is 25.9 Å². The van der Waals surface area contributed by atoms with Crippen LogP contribution in [0.5, 0.6) is 0 Å². The maximum absolute atomic E-state index is 12.2. The summed E-state index contributed by atoms with van der Waals surface area (Å²) in [5.41, 5.74) is 0. The summed E-state index contributed by atoms with van der Waals surface area (Å²) in [4.78, 5) is 0. The molecule has 0 aromatic carbocycles. The first-order valence-electron chi connectivity index (χ1n) is 11.3. The smallest absolute Gasteiger partial charge is 0.156 e. The number of aliphatic hydroxyl groups is 2. The Bertz CT molecular complexity index is 643. The van der Waals surface area contributed by atoms with Gasteiger partial charge in [0, 0.05) is 25.2 Å². The molecule has 8 heteroatoms. The molecule has 170 valence electrons. The van der Waals surface area contributed by atoms with Crippen LogP contribution < -0.4 is 10.6 Å². The summed E-state index contributed by atoms with van der Waals surface area (Å²) >= 11 is 0. The summed E-state index contributed by atoms with van der Waals surface area (Å²) in [6.45, 7) is 10.4. The van der Waals surface area contributed by atoms with Gasteiger partial charge in [-0.3, -0.25) is 0 Å². The molecule has 3 aliphatic heterocycles. The van der Waals surface area contributed by atoms with Crippen LogP contribution in [-0.2, 0) is 14.6 Å². The number of ether oxygens (including phenoxy) is 1. The van der Waals surface area contributed by atoms with Crippen LogP contribution in [0.3, 0.4) is 0 Å². The molecule has 0 bridgehead atoms. The third-order valence-corrected chi connectivity index (χ3v) is 9.73. The van der Waals surface area contributed by atoms with Crippen LogP contribution in [0.2, 0.25) is 0 Å². The molecule has 0 aliphatic carbocycles. The molecule has 29 heavy (non-hydrogen) atoms. The van der Waals surface area contributed by atoms with E-state index < -0.39 is 21.2 Å². The molecule has 0 aromatic rings. The molecule has 3 heterocycles. The van der Waals surface area contributed by atoms with E-state index in [4.69, 9.17) is 4.74 Å². The van der Waals surface area contributed by atoms with Crippen LogP contribution in [0.15, 0.2) is 0 Å². The second-order valence-electron chi connectivity index (χ2n) is 10.0. The Labute approximate surface area is 175 Å². The highest BCUT2D eigenvalue weighted by atomic mass is 32.2. The Balaban J connectivity index is 1.43. The maximum Gasteiger partial charge on any atom is 0.156 e. The fourth-order valence-electron chi connectivity index (χ4n) is 5.55. The average molecular weight is 433 g/mol. The molecular weight excluding hydrogens is 392 g/mol. The highest BCUT2D eigenvalue weighted by Crippen LogP contribution is 2.31. The van der Waals surface area contributed by atoms with Gasteiger partial charge in [0.1, 0.15) is 0 Å². The molecule has 4 N–H and O–H groups in total. The summed E-state index contributed by atoms with van der Waals surface area (Å²) in [5.74, 6) is 1.02. The molecule has 9 atom stereocenters. The van der Waals surface area contributed by atoms with Crippen molar-refractivity contribution in [2.75, 3.05) is 25.4 Å². The molecule has 0 aromatic heterocycles. The van der Waals surface area contributed by atoms with Gasteiger partial charge < -0.3 is 25.6 Å². The molecule has 9 unspecified atom stereocenters. The van der Waals surface area contributed by atoms with Crippen molar-refractivity contribution in [2.24, 2.45) is 23.7 Å². The van der Waals surface area contributed by atoms with Gasteiger partial charge >= 0.3 is 0 Å². The molecular formula is C21H40N2O5S. The number of hydrogen-bond donors (Lipinski definition) is 4. The lowest BCUT2D eigenvalue weighted by molar-refractivity contribution is 0.0304. The molecule has 0 spiro atoms. The van der Waals surface area contributed by atoms with Crippen molar-refractivity contribution in [1.82, 2.24) is 10.6 Å². The SMILES string of the molecule is CC(C)C1NCC(CC(C)C2CC(OCC(C)C3C(O)CCS3(=O)=O)CN2)C1O. The number of sulfone groups is 1. The molecule has 7 nitrogen and oxygen atoms in total. The molecule has 3 saturated heterocycles. The van der Waals surface area contributed by atoms with E-state index in [0.29, 0.717) is 30.9 Å². The van der Waals surface area contributed by atoms with Crippen LogP contribution >= 0.6 is 0 Å². The summed E-state index contributed by atoms with van der Waals surface area (Å²) in [6, 6.07) is 0.532. The fraction of sp³-hybridized carbons (Fsp3) is 1.00. The summed E-state index contributed by atoms with van der Waals surface area (Å²) < 4.78 is 30.3. The van der Waals surface area contributed by atoms with Crippen LogP contribution in [0, 0.1) is 23.7 Å². The molecule has 3 aliphatic rings. The standard InChI is InChI=1S/C21H40N2O5S/c1-12(2)19-20(25)15(9-23-19)7-13(3)17-8-16(10-22-17)28-11-14(4)21-18(24)5-6-29(21,26)27/h12-25H,5-11H2,1-4H3. The van der Waals surface area contributed by atoms with Gasteiger partial charge in [-0.15, -0.1) is 0 Å². The maximum atomic E-state index is 12.2. The van der Waals surface area contributed by atoms with E-state index in [2.05, 4.69) is 31.4 Å². The zero-order valence-electron chi connectivity index (χ0n) is 18.3. The normalized spacial score (nSPS) is 41.8. The lowest BCUT2D eigenvalue weighted by Crippen LogP contribution is -2.37. The van der Waals surface area contributed by atoms with Crippen molar-refractivity contribution in [1.29, 1.82) is 0 Å². The zero-order chi connectivity index (χ0) is 21.3. The predicted molar refractivity (Wildman–Crippen MR) is 113 cm³/mol. The van der Waals surface area contributed by atoms with Gasteiger partial charge in [0.15, 0.2) is 9.84 Å². The highest BCUT2D eigenvalue weighted by Gasteiger charge is 2.43. The van der Waals surface area contributed by atoms with E-state index in [1.54, 1.807) is 0 Å². The van der Waals surface area contributed by atoms with Gasteiger partial charge in [0.25, 0.3) is 0 Å². The van der Waals surface area contributed by atoms with Crippen molar-refractivity contribution in [2.45, 2.75) is 82.6 Å². The minimum Gasteiger partial charge on any atom is -0.392 e. The first-order valence-corrected chi connectivity index (χ1v) is 13.0. The van der Waals surface area contributed by atoms with Gasteiger partial charge in [-0.1, -0.05) is 27.7 Å². The third kappa shape index (κ3) is 5.33. The topological polar surface area (TPSA) is 108 Å². The van der Waals surface area contributed by atoms with E-state index in [-0.39, 0.29) is 35.8 Å². The lowest BCUT2D eigenvalue weighted by Gasteiger charge is -2.26. The Morgan fingerprint density at radius 3 is 2.38 bits per heavy atom. The Morgan fingerprint density at radius 1 is 1.07 bits per heavy atom. The number of aliphatic hydroxyl groups excluding tert-OH is 2. The van der Waals surface area contributed by atoms with Gasteiger partial charge in [0.2, 0.25) is 0 Å². The van der Waals surface area contributed by atoms with Gasteiger partial charge in [-0.25, -0.2) is 8.42 Å². The first kappa shape index (κ1) is 23.4. The van der Waals surface area contributed by atoms with Crippen LogP contribution in [-0.4, -0.2) is 79.7 Å². The second kappa shape index (κ2) is 9.49. The molecule has 0 saturated carbocycles. The monoisotopic (exact) mass is 432 g/mol. The summed E-state index contributed by atoms with van der Waals surface area (Å²) in [7, 11) is -3.21. The Kier molecular flexibility index (Phi) is 7.66. The largest absolute Gasteiger partial charge is 0.392 e. The van der Waals surface area contributed by atoms with Crippen LogP contribution in [0.1, 0.15) is 47.0 Å². The second-order valence-corrected chi connectivity index (χ2v) is 12.3. The number of hydrogen-bond acceptors (Lipinski definition) is 7. The highest BCUT2D eigenvalue weighted by molar-refractivity contribution is 7.92. The quantitative estimate of drug-likeness (QED) is 0.444. The van der Waals surface area contributed by atoms with Gasteiger partial charge in [-0.2, -0.15) is 0 Å². The minimum absolute atomic E-state index is 0.0705. The Hall–Kier alpha value is -0.250. The lowest BCUT2D eigenvalue weighted by atomic mass is 9.85. The summed E-state index contributed by atoms with van der Waals surface area (Å²) in [6.07, 6.45) is 1.23. The molecule has 3 rings (SSSR count). The summed E-state index contributed by atoms with van der Waals surface area (Å²) in [5, 5.41) is 27.0. The first-order chi connectivity index (χ1) is 13.6. The van der Waals surface area contributed by atoms with E-state index >= 15 is 0 Å². The zero-order valence-corrected chi connectivity index (χ0v) is 19.1. The average Bonchev–Trinajstić information content (AvgIpc) is 3.32. The fourth-order valence-corrected chi connectivity index (χ4v) is 7.79. The van der Waals surface area contributed by atoms with Gasteiger partial charge in [-0.05, 0) is 42.9 Å². The molecule has 0 radical (unpaired) electrons.